The van der Waals surface area contributed by atoms with Gasteiger partial charge in [0.25, 0.3) is 5.91 Å². The van der Waals surface area contributed by atoms with Crippen LogP contribution in [0.5, 0.6) is 5.75 Å². The van der Waals surface area contributed by atoms with Crippen LogP contribution in [0.1, 0.15) is 51.5 Å². The maximum absolute atomic E-state index is 13.1. The summed E-state index contributed by atoms with van der Waals surface area (Å²) in [5.41, 5.74) is -0.723. The predicted molar refractivity (Wildman–Crippen MR) is 108 cm³/mol. The molecule has 0 saturated heterocycles. The molecule has 1 aromatic rings. The molecule has 0 aromatic heterocycles. The first-order chi connectivity index (χ1) is 13.6. The summed E-state index contributed by atoms with van der Waals surface area (Å²) in [6.45, 7) is 5.43. The second kappa shape index (κ2) is 7.08. The predicted octanol–water partition coefficient (Wildman–Crippen LogP) is 4.56. The van der Waals surface area contributed by atoms with E-state index in [1.165, 1.54) is 0 Å². The van der Waals surface area contributed by atoms with Crippen molar-refractivity contribution < 1.29 is 24.2 Å². The van der Waals surface area contributed by atoms with E-state index in [-0.39, 0.29) is 23.8 Å². The number of nitrogens with one attached hydrogen (secondary N) is 1. The fourth-order valence-corrected chi connectivity index (χ4v) is 6.10. The first-order valence-corrected chi connectivity index (χ1v) is 10.6. The Hall–Kier alpha value is -1.95. The average molecular weight is 422 g/mol. The molecule has 4 aliphatic carbocycles. The lowest BCUT2D eigenvalue weighted by molar-refractivity contribution is -0.158. The minimum Gasteiger partial charge on any atom is -0.478 e. The summed E-state index contributed by atoms with van der Waals surface area (Å²) < 4.78 is 11.4. The Kier molecular flexibility index (Phi) is 4.96. The highest BCUT2D eigenvalue weighted by Gasteiger charge is 2.58. The molecule has 1 aromatic carbocycles. The van der Waals surface area contributed by atoms with Crippen molar-refractivity contribution in [1.82, 2.24) is 5.32 Å². The normalized spacial score (nSPS) is 32.7. The van der Waals surface area contributed by atoms with Crippen LogP contribution in [0.3, 0.4) is 0 Å². The van der Waals surface area contributed by atoms with Gasteiger partial charge in [-0.05, 0) is 94.4 Å². The summed E-state index contributed by atoms with van der Waals surface area (Å²) >= 11 is 6.01. The SMILES string of the molecule is Cc1cc(Cl)ccc1OC(C)(C)C(=O)NC1[C@@H]2CC3C[C@H]1CC(OC(=O)O)(C3)C2. The van der Waals surface area contributed by atoms with E-state index in [1.807, 2.05) is 13.0 Å². The van der Waals surface area contributed by atoms with E-state index >= 15 is 0 Å². The summed E-state index contributed by atoms with van der Waals surface area (Å²) in [6.07, 6.45) is 3.04. The molecule has 2 N–H and O–H groups in total. The molecule has 0 spiro atoms. The highest BCUT2D eigenvalue weighted by molar-refractivity contribution is 6.30. The second-order valence-electron chi connectivity index (χ2n) is 9.54. The van der Waals surface area contributed by atoms with Crippen LogP contribution >= 0.6 is 11.6 Å². The van der Waals surface area contributed by atoms with E-state index in [0.29, 0.717) is 29.5 Å². The van der Waals surface area contributed by atoms with Crippen LogP contribution in [0.15, 0.2) is 18.2 Å². The molecule has 0 radical (unpaired) electrons. The van der Waals surface area contributed by atoms with Crippen LogP contribution < -0.4 is 10.1 Å². The largest absolute Gasteiger partial charge is 0.506 e. The van der Waals surface area contributed by atoms with Crippen molar-refractivity contribution in [2.45, 2.75) is 70.1 Å². The topological polar surface area (TPSA) is 84.9 Å². The van der Waals surface area contributed by atoms with E-state index in [1.54, 1.807) is 26.0 Å². The third kappa shape index (κ3) is 3.91. The van der Waals surface area contributed by atoms with Crippen molar-refractivity contribution in [3.8, 4) is 5.75 Å². The summed E-state index contributed by atoms with van der Waals surface area (Å²) in [5.74, 6) is 1.46. The van der Waals surface area contributed by atoms with Crippen molar-refractivity contribution >= 4 is 23.7 Å². The number of benzene rings is 1. The molecule has 0 heterocycles. The fourth-order valence-electron chi connectivity index (χ4n) is 5.87. The molecule has 4 fully saturated rings. The first kappa shape index (κ1) is 20.3. The van der Waals surface area contributed by atoms with Gasteiger partial charge >= 0.3 is 6.16 Å². The van der Waals surface area contributed by atoms with E-state index in [0.717, 1.165) is 24.8 Å². The highest BCUT2D eigenvalue weighted by atomic mass is 35.5. The summed E-state index contributed by atoms with van der Waals surface area (Å²) in [6, 6.07) is 5.38. The summed E-state index contributed by atoms with van der Waals surface area (Å²) in [4.78, 5) is 24.3. The Labute approximate surface area is 175 Å². The fraction of sp³-hybridized carbons (Fsp3) is 0.636. The van der Waals surface area contributed by atoms with Gasteiger partial charge in [-0.3, -0.25) is 4.79 Å². The van der Waals surface area contributed by atoms with Crippen LogP contribution in [0.2, 0.25) is 5.02 Å². The number of ether oxygens (including phenoxy) is 2. The molecule has 0 aliphatic heterocycles. The number of halogens is 1. The quantitative estimate of drug-likeness (QED) is 0.680. The average Bonchev–Trinajstić information content (AvgIpc) is 2.58. The van der Waals surface area contributed by atoms with Gasteiger partial charge in [-0.2, -0.15) is 0 Å². The Balaban J connectivity index is 1.45. The van der Waals surface area contributed by atoms with Crippen molar-refractivity contribution in [1.29, 1.82) is 0 Å². The van der Waals surface area contributed by atoms with Gasteiger partial charge in [0.05, 0.1) is 0 Å². The molecule has 158 valence electrons. The van der Waals surface area contributed by atoms with Gasteiger partial charge in [-0.25, -0.2) is 4.79 Å². The van der Waals surface area contributed by atoms with Gasteiger partial charge in [-0.15, -0.1) is 0 Å². The molecule has 1 amide bonds. The monoisotopic (exact) mass is 421 g/mol. The molecule has 29 heavy (non-hydrogen) atoms. The zero-order valence-electron chi connectivity index (χ0n) is 17.0. The lowest BCUT2D eigenvalue weighted by Crippen LogP contribution is -2.64. The maximum Gasteiger partial charge on any atom is 0.506 e. The standard InChI is InChI=1S/C22H28ClNO5/c1-12-6-16(23)4-5-17(12)28-21(2,3)19(25)24-18-14-7-13-8-15(18)11-22(9-13,10-14)29-20(26)27/h4-6,13-15,18H,7-11H2,1-3H3,(H,24,25)(H,26,27)/t13?,14-,15+,18?,22?. The number of carbonyl (C=O) groups excluding carboxylic acids is 1. The van der Waals surface area contributed by atoms with Gasteiger partial charge in [0.1, 0.15) is 11.4 Å². The zero-order chi connectivity index (χ0) is 21.0. The van der Waals surface area contributed by atoms with Crippen molar-refractivity contribution in [2.24, 2.45) is 17.8 Å². The van der Waals surface area contributed by atoms with Crippen LogP contribution in [-0.2, 0) is 9.53 Å². The Morgan fingerprint density at radius 2 is 1.86 bits per heavy atom. The van der Waals surface area contributed by atoms with Gasteiger partial charge in [0.15, 0.2) is 5.60 Å². The lowest BCUT2D eigenvalue weighted by atomic mass is 9.52. The van der Waals surface area contributed by atoms with Gasteiger partial charge in [-0.1, -0.05) is 11.6 Å². The number of amides is 1. The second-order valence-corrected chi connectivity index (χ2v) is 9.98. The number of carbonyl (C=O) groups is 2. The van der Waals surface area contributed by atoms with Gasteiger partial charge < -0.3 is 19.9 Å². The van der Waals surface area contributed by atoms with E-state index in [9.17, 15) is 9.59 Å². The van der Waals surface area contributed by atoms with E-state index < -0.39 is 17.4 Å². The maximum atomic E-state index is 13.1. The molecule has 3 unspecified atom stereocenters. The van der Waals surface area contributed by atoms with E-state index in [4.69, 9.17) is 26.2 Å². The number of hydrogen-bond donors (Lipinski definition) is 2. The third-order valence-electron chi connectivity index (χ3n) is 6.87. The molecule has 5 atom stereocenters. The Bertz CT molecular complexity index is 822. The minimum absolute atomic E-state index is 0.0405. The van der Waals surface area contributed by atoms with Gasteiger partial charge in [0, 0.05) is 11.1 Å². The van der Waals surface area contributed by atoms with Crippen LogP contribution in [0.25, 0.3) is 0 Å². The molecular formula is C22H28ClNO5. The minimum atomic E-state index is -1.19. The summed E-state index contributed by atoms with van der Waals surface area (Å²) in [7, 11) is 0. The smallest absolute Gasteiger partial charge is 0.478 e. The lowest BCUT2D eigenvalue weighted by Gasteiger charge is -2.58. The van der Waals surface area contributed by atoms with Crippen LogP contribution in [0.4, 0.5) is 4.79 Å². The molecule has 6 nitrogen and oxygen atoms in total. The number of carboxylic acid groups (broad SMARTS) is 1. The van der Waals surface area contributed by atoms with Crippen molar-refractivity contribution in [3.05, 3.63) is 28.8 Å². The number of rotatable bonds is 5. The molecule has 4 saturated carbocycles. The van der Waals surface area contributed by atoms with Crippen molar-refractivity contribution in [3.63, 3.8) is 0 Å². The Morgan fingerprint density at radius 1 is 1.21 bits per heavy atom. The molecule has 7 heteroatoms. The highest BCUT2D eigenvalue weighted by Crippen LogP contribution is 2.57. The molecule has 4 bridgehead atoms. The molecule has 4 aliphatic rings. The number of aryl methyl sites for hydroxylation is 1. The molecule has 5 rings (SSSR count). The summed E-state index contributed by atoms with van der Waals surface area (Å²) in [5, 5.41) is 13.0. The zero-order valence-corrected chi connectivity index (χ0v) is 17.8. The Morgan fingerprint density at radius 3 is 2.45 bits per heavy atom. The van der Waals surface area contributed by atoms with Crippen LogP contribution in [0, 0.1) is 24.7 Å². The number of hydrogen-bond acceptors (Lipinski definition) is 4. The van der Waals surface area contributed by atoms with Crippen molar-refractivity contribution in [2.75, 3.05) is 0 Å². The molecular weight excluding hydrogens is 394 g/mol. The first-order valence-electron chi connectivity index (χ1n) is 10.2. The third-order valence-corrected chi connectivity index (χ3v) is 7.10. The van der Waals surface area contributed by atoms with Crippen LogP contribution in [-0.4, -0.2) is 34.4 Å². The van der Waals surface area contributed by atoms with Gasteiger partial charge in [0.2, 0.25) is 0 Å². The van der Waals surface area contributed by atoms with E-state index in [2.05, 4.69) is 5.32 Å².